The summed E-state index contributed by atoms with van der Waals surface area (Å²) >= 11 is 4.99. The number of ether oxygens (including phenoxy) is 2. The highest BCUT2D eigenvalue weighted by Gasteiger charge is 2.11. The second-order valence-electron chi connectivity index (χ2n) is 6.69. The highest BCUT2D eigenvalue weighted by molar-refractivity contribution is 7.80. The van der Waals surface area contributed by atoms with Gasteiger partial charge in [0.1, 0.15) is 5.75 Å². The van der Waals surface area contributed by atoms with E-state index in [4.69, 9.17) is 17.0 Å². The van der Waals surface area contributed by atoms with Crippen LogP contribution in [0.3, 0.4) is 0 Å². The fourth-order valence-corrected chi connectivity index (χ4v) is 2.67. The average molecular weight is 444 g/mol. The number of nitrogens with one attached hydrogen (secondary N) is 3. The van der Waals surface area contributed by atoms with Crippen LogP contribution in [0, 0.1) is 0 Å². The standard InChI is InChI=1S/C22H25N3O5S/c1-4-14(2)15-9-11-18(12-10-15)30-13-19(26)24-25-22(31)23-20(27)16-5-7-17(8-6-16)21(28)29-3/h5-12,14H,4,13H2,1-3H3,(H,24,26)(H2,23,25,27,31). The van der Waals surface area contributed by atoms with Crippen molar-refractivity contribution in [2.75, 3.05) is 13.7 Å². The van der Waals surface area contributed by atoms with Gasteiger partial charge in [0.25, 0.3) is 11.8 Å². The van der Waals surface area contributed by atoms with Crippen LogP contribution in [-0.4, -0.2) is 36.6 Å². The van der Waals surface area contributed by atoms with Gasteiger partial charge in [-0.05, 0) is 66.5 Å². The number of thiocarbonyl (C=S) groups is 1. The van der Waals surface area contributed by atoms with Gasteiger partial charge in [0.15, 0.2) is 11.7 Å². The number of hydrogen-bond acceptors (Lipinski definition) is 6. The summed E-state index contributed by atoms with van der Waals surface area (Å²) in [5.41, 5.74) is 6.60. The lowest BCUT2D eigenvalue weighted by atomic mass is 9.99. The summed E-state index contributed by atoms with van der Waals surface area (Å²) < 4.78 is 10.0. The van der Waals surface area contributed by atoms with Crippen LogP contribution in [0.4, 0.5) is 0 Å². The molecule has 0 aliphatic carbocycles. The summed E-state index contributed by atoms with van der Waals surface area (Å²) in [5.74, 6) is -0.427. The van der Waals surface area contributed by atoms with Gasteiger partial charge in [-0.25, -0.2) is 4.79 Å². The lowest BCUT2D eigenvalue weighted by molar-refractivity contribution is -0.123. The summed E-state index contributed by atoms with van der Waals surface area (Å²) in [6.45, 7) is 4.05. The molecule has 2 amide bonds. The molecule has 8 nitrogen and oxygen atoms in total. The van der Waals surface area contributed by atoms with Crippen molar-refractivity contribution < 1.29 is 23.9 Å². The van der Waals surface area contributed by atoms with Crippen molar-refractivity contribution in [3.63, 3.8) is 0 Å². The van der Waals surface area contributed by atoms with Crippen molar-refractivity contribution in [3.05, 3.63) is 65.2 Å². The Kier molecular flexibility index (Phi) is 8.95. The largest absolute Gasteiger partial charge is 0.484 e. The molecule has 0 heterocycles. The van der Waals surface area contributed by atoms with E-state index in [9.17, 15) is 14.4 Å². The van der Waals surface area contributed by atoms with Crippen LogP contribution in [0.5, 0.6) is 5.75 Å². The normalized spacial score (nSPS) is 11.1. The fourth-order valence-electron chi connectivity index (χ4n) is 2.52. The van der Waals surface area contributed by atoms with Gasteiger partial charge in [-0.2, -0.15) is 0 Å². The number of hydrogen-bond donors (Lipinski definition) is 3. The topological polar surface area (TPSA) is 106 Å². The van der Waals surface area contributed by atoms with E-state index < -0.39 is 17.8 Å². The Morgan fingerprint density at radius 1 is 0.968 bits per heavy atom. The lowest BCUT2D eigenvalue weighted by Gasteiger charge is -2.12. The molecule has 31 heavy (non-hydrogen) atoms. The molecule has 0 saturated heterocycles. The molecule has 3 N–H and O–H groups in total. The quantitative estimate of drug-likeness (QED) is 0.343. The van der Waals surface area contributed by atoms with E-state index in [-0.39, 0.29) is 17.3 Å². The maximum atomic E-state index is 12.2. The number of carbonyl (C=O) groups is 3. The zero-order valence-corrected chi connectivity index (χ0v) is 18.4. The van der Waals surface area contributed by atoms with Crippen LogP contribution < -0.4 is 20.9 Å². The minimum Gasteiger partial charge on any atom is -0.484 e. The van der Waals surface area contributed by atoms with E-state index in [0.29, 0.717) is 17.2 Å². The monoisotopic (exact) mass is 443 g/mol. The molecular formula is C22H25N3O5S. The van der Waals surface area contributed by atoms with Gasteiger partial charge in [-0.15, -0.1) is 0 Å². The van der Waals surface area contributed by atoms with Crippen molar-refractivity contribution in [2.45, 2.75) is 26.2 Å². The Hall–Kier alpha value is -3.46. The minimum absolute atomic E-state index is 0.0895. The predicted octanol–water partition coefficient (Wildman–Crippen LogP) is 2.70. The van der Waals surface area contributed by atoms with Crippen molar-refractivity contribution in [1.29, 1.82) is 0 Å². The molecule has 2 rings (SSSR count). The molecule has 2 aromatic rings. The Bertz CT molecular complexity index is 929. The number of benzene rings is 2. The molecule has 0 bridgehead atoms. The van der Waals surface area contributed by atoms with Crippen molar-refractivity contribution in [1.82, 2.24) is 16.2 Å². The summed E-state index contributed by atoms with van der Waals surface area (Å²) in [6, 6.07) is 13.4. The second-order valence-corrected chi connectivity index (χ2v) is 7.10. The summed E-state index contributed by atoms with van der Waals surface area (Å²) in [7, 11) is 1.27. The highest BCUT2D eigenvalue weighted by atomic mass is 32.1. The second kappa shape index (κ2) is 11.7. The highest BCUT2D eigenvalue weighted by Crippen LogP contribution is 2.21. The van der Waals surface area contributed by atoms with E-state index in [0.717, 1.165) is 6.42 Å². The summed E-state index contributed by atoms with van der Waals surface area (Å²) in [6.07, 6.45) is 1.05. The Balaban J connectivity index is 1.74. The van der Waals surface area contributed by atoms with E-state index >= 15 is 0 Å². The van der Waals surface area contributed by atoms with Crippen LogP contribution in [0.1, 0.15) is 52.5 Å². The van der Waals surface area contributed by atoms with Gasteiger partial charge in [-0.1, -0.05) is 26.0 Å². The van der Waals surface area contributed by atoms with Gasteiger partial charge >= 0.3 is 5.97 Å². The number of rotatable bonds is 7. The third-order valence-electron chi connectivity index (χ3n) is 4.54. The molecule has 0 fully saturated rings. The van der Waals surface area contributed by atoms with Gasteiger partial charge in [0.2, 0.25) is 0 Å². The first-order valence-corrected chi connectivity index (χ1v) is 10.1. The van der Waals surface area contributed by atoms with Crippen LogP contribution in [0.25, 0.3) is 0 Å². The number of methoxy groups -OCH3 is 1. The number of hydrazine groups is 1. The molecule has 0 aliphatic rings. The Morgan fingerprint density at radius 2 is 1.58 bits per heavy atom. The third-order valence-corrected chi connectivity index (χ3v) is 4.75. The first kappa shape index (κ1) is 23.8. The van der Waals surface area contributed by atoms with Crippen molar-refractivity contribution >= 4 is 35.1 Å². The molecule has 164 valence electrons. The molecule has 0 spiro atoms. The van der Waals surface area contributed by atoms with Crippen molar-refractivity contribution in [3.8, 4) is 5.75 Å². The molecule has 0 saturated carbocycles. The average Bonchev–Trinajstić information content (AvgIpc) is 2.80. The van der Waals surface area contributed by atoms with Crippen LogP contribution in [0.2, 0.25) is 0 Å². The summed E-state index contributed by atoms with van der Waals surface area (Å²) in [5, 5.41) is 2.33. The van der Waals surface area contributed by atoms with E-state index in [2.05, 4.69) is 34.8 Å². The first-order chi connectivity index (χ1) is 14.8. The molecule has 0 aromatic heterocycles. The molecule has 1 unspecified atom stereocenters. The number of esters is 1. The van der Waals surface area contributed by atoms with E-state index in [1.54, 1.807) is 0 Å². The maximum absolute atomic E-state index is 12.2. The molecule has 0 aliphatic heterocycles. The van der Waals surface area contributed by atoms with Crippen LogP contribution in [0.15, 0.2) is 48.5 Å². The molecular weight excluding hydrogens is 418 g/mol. The Labute approximate surface area is 186 Å². The van der Waals surface area contributed by atoms with Gasteiger partial charge in [-0.3, -0.25) is 25.8 Å². The number of amides is 2. The number of carbonyl (C=O) groups excluding carboxylic acids is 3. The summed E-state index contributed by atoms with van der Waals surface area (Å²) in [4.78, 5) is 35.5. The maximum Gasteiger partial charge on any atom is 0.337 e. The zero-order chi connectivity index (χ0) is 22.8. The van der Waals surface area contributed by atoms with Crippen LogP contribution in [-0.2, 0) is 9.53 Å². The molecule has 0 radical (unpaired) electrons. The van der Waals surface area contributed by atoms with Gasteiger partial charge in [0, 0.05) is 5.56 Å². The zero-order valence-electron chi connectivity index (χ0n) is 17.6. The van der Waals surface area contributed by atoms with Gasteiger partial charge in [0.05, 0.1) is 12.7 Å². The lowest BCUT2D eigenvalue weighted by Crippen LogP contribution is -2.49. The van der Waals surface area contributed by atoms with E-state index in [1.807, 2.05) is 24.3 Å². The van der Waals surface area contributed by atoms with Crippen molar-refractivity contribution in [2.24, 2.45) is 0 Å². The predicted molar refractivity (Wildman–Crippen MR) is 120 cm³/mol. The molecule has 9 heteroatoms. The van der Waals surface area contributed by atoms with E-state index in [1.165, 1.54) is 36.9 Å². The van der Waals surface area contributed by atoms with Gasteiger partial charge < -0.3 is 9.47 Å². The first-order valence-electron chi connectivity index (χ1n) is 9.65. The minimum atomic E-state index is -0.500. The Morgan fingerprint density at radius 3 is 2.16 bits per heavy atom. The SMILES string of the molecule is CCC(C)c1ccc(OCC(=O)NNC(=S)NC(=O)c2ccc(C(=O)OC)cc2)cc1. The third kappa shape index (κ3) is 7.38. The molecule has 2 aromatic carbocycles. The molecule has 1 atom stereocenters. The van der Waals surface area contributed by atoms with Crippen LogP contribution >= 0.6 is 12.2 Å². The fraction of sp³-hybridized carbons (Fsp3) is 0.273. The smallest absolute Gasteiger partial charge is 0.337 e.